The van der Waals surface area contributed by atoms with Crippen LogP contribution in [-0.2, 0) is 19.5 Å². The number of hydrogen-bond donors (Lipinski definition) is 0. The molecular weight excluding hydrogens is 255 g/mol. The van der Waals surface area contributed by atoms with Crippen LogP contribution < -0.4 is 0 Å². The molecule has 0 bridgehead atoms. The molecular formula is C10H10ClFO3S. The molecule has 1 unspecified atom stereocenters. The van der Waals surface area contributed by atoms with E-state index < -0.39 is 14.7 Å². The van der Waals surface area contributed by atoms with Crippen LogP contribution >= 0.6 is 10.7 Å². The van der Waals surface area contributed by atoms with Gasteiger partial charge in [0.15, 0.2) is 5.67 Å². The first-order chi connectivity index (χ1) is 7.43. The number of hydrogen-bond acceptors (Lipinski definition) is 3. The molecule has 0 N–H and O–H groups in total. The van der Waals surface area contributed by atoms with Crippen LogP contribution in [0.15, 0.2) is 29.2 Å². The zero-order valence-electron chi connectivity index (χ0n) is 8.32. The summed E-state index contributed by atoms with van der Waals surface area (Å²) in [4.78, 5) is -0.176. The van der Waals surface area contributed by atoms with Gasteiger partial charge < -0.3 is 4.74 Å². The molecule has 0 saturated carbocycles. The molecule has 1 aliphatic heterocycles. The molecule has 6 heteroatoms. The lowest BCUT2D eigenvalue weighted by molar-refractivity contribution is 0.109. The predicted octanol–water partition coefficient (Wildman–Crippen LogP) is 2.20. The van der Waals surface area contributed by atoms with E-state index in [9.17, 15) is 12.8 Å². The molecule has 16 heavy (non-hydrogen) atoms. The number of rotatable bonds is 2. The van der Waals surface area contributed by atoms with Gasteiger partial charge in [-0.25, -0.2) is 12.8 Å². The third kappa shape index (κ3) is 2.07. The molecule has 1 fully saturated rings. The molecule has 0 amide bonds. The smallest absolute Gasteiger partial charge is 0.261 e. The Morgan fingerprint density at radius 2 is 2.06 bits per heavy atom. The molecule has 0 aromatic heterocycles. The summed E-state index contributed by atoms with van der Waals surface area (Å²) in [7, 11) is 1.34. The lowest BCUT2D eigenvalue weighted by atomic mass is 9.95. The predicted molar refractivity (Wildman–Crippen MR) is 57.7 cm³/mol. The van der Waals surface area contributed by atoms with Crippen LogP contribution in [0.1, 0.15) is 12.0 Å². The topological polar surface area (TPSA) is 43.4 Å². The molecule has 2 rings (SSSR count). The monoisotopic (exact) mass is 264 g/mol. The minimum atomic E-state index is -3.93. The van der Waals surface area contributed by atoms with Crippen LogP contribution in [0.4, 0.5) is 4.39 Å². The van der Waals surface area contributed by atoms with Crippen LogP contribution in [0.3, 0.4) is 0 Å². The summed E-state index contributed by atoms with van der Waals surface area (Å²) in [6, 6.07) is 5.83. The lowest BCUT2D eigenvalue weighted by Gasteiger charge is -2.19. The highest BCUT2D eigenvalue weighted by molar-refractivity contribution is 8.13. The van der Waals surface area contributed by atoms with Crippen molar-refractivity contribution >= 4 is 19.7 Å². The molecule has 0 radical (unpaired) electrons. The van der Waals surface area contributed by atoms with E-state index in [2.05, 4.69) is 0 Å². The molecule has 1 aliphatic rings. The van der Waals surface area contributed by atoms with Crippen LogP contribution in [0.5, 0.6) is 0 Å². The highest BCUT2D eigenvalue weighted by Gasteiger charge is 2.40. The maximum Gasteiger partial charge on any atom is 0.261 e. The van der Waals surface area contributed by atoms with Gasteiger partial charge in [-0.15, -0.1) is 0 Å². The summed E-state index contributed by atoms with van der Waals surface area (Å²) in [5.74, 6) is 0. The molecule has 1 aromatic rings. The highest BCUT2D eigenvalue weighted by Crippen LogP contribution is 2.38. The Morgan fingerprint density at radius 1 is 1.38 bits per heavy atom. The Morgan fingerprint density at radius 3 is 2.62 bits per heavy atom. The first-order valence-electron chi connectivity index (χ1n) is 4.74. The standard InChI is InChI=1S/C10H10ClFO3S/c11-16(13,14)9-4-2-1-3-8(9)10(12)5-6-15-7-10/h1-4H,5-7H2. The first-order valence-corrected chi connectivity index (χ1v) is 7.05. The molecule has 1 heterocycles. The largest absolute Gasteiger partial charge is 0.378 e. The summed E-state index contributed by atoms with van der Waals surface area (Å²) < 4.78 is 42.0. The number of benzene rings is 1. The van der Waals surface area contributed by atoms with Gasteiger partial charge in [0.1, 0.15) is 0 Å². The lowest BCUT2D eigenvalue weighted by Crippen LogP contribution is -2.22. The van der Waals surface area contributed by atoms with Gasteiger partial charge in [-0.05, 0) is 6.07 Å². The Balaban J connectivity index is 2.57. The quantitative estimate of drug-likeness (QED) is 0.769. The van der Waals surface area contributed by atoms with Gasteiger partial charge in [-0.2, -0.15) is 0 Å². The van der Waals surface area contributed by atoms with Gasteiger partial charge in [0, 0.05) is 22.7 Å². The normalized spacial score (nSPS) is 25.9. The molecule has 88 valence electrons. The minimum absolute atomic E-state index is 0.0856. The van der Waals surface area contributed by atoms with Crippen molar-refractivity contribution in [3.05, 3.63) is 29.8 Å². The fraction of sp³-hybridized carbons (Fsp3) is 0.400. The van der Waals surface area contributed by atoms with E-state index in [1.807, 2.05) is 0 Å². The van der Waals surface area contributed by atoms with Crippen molar-refractivity contribution in [3.63, 3.8) is 0 Å². The number of halogens is 2. The van der Waals surface area contributed by atoms with Gasteiger partial charge >= 0.3 is 0 Å². The second-order valence-corrected chi connectivity index (χ2v) is 6.24. The Kier molecular flexibility index (Phi) is 2.94. The van der Waals surface area contributed by atoms with Gasteiger partial charge in [0.05, 0.1) is 18.1 Å². The molecule has 0 spiro atoms. The van der Waals surface area contributed by atoms with E-state index in [0.29, 0.717) is 0 Å². The van der Waals surface area contributed by atoms with Gasteiger partial charge in [0.25, 0.3) is 9.05 Å². The van der Waals surface area contributed by atoms with E-state index >= 15 is 0 Å². The van der Waals surface area contributed by atoms with Crippen molar-refractivity contribution in [1.82, 2.24) is 0 Å². The fourth-order valence-electron chi connectivity index (χ4n) is 1.80. The van der Waals surface area contributed by atoms with Crippen molar-refractivity contribution in [2.24, 2.45) is 0 Å². The van der Waals surface area contributed by atoms with Crippen molar-refractivity contribution in [2.75, 3.05) is 13.2 Å². The Bertz CT molecular complexity index is 495. The average molecular weight is 265 g/mol. The second-order valence-electron chi connectivity index (χ2n) is 3.70. The van der Waals surface area contributed by atoms with E-state index in [0.717, 1.165) is 0 Å². The molecule has 1 atom stereocenters. The highest BCUT2D eigenvalue weighted by atomic mass is 35.7. The summed E-state index contributed by atoms with van der Waals surface area (Å²) in [5, 5.41) is 0. The van der Waals surface area contributed by atoms with Crippen molar-refractivity contribution in [2.45, 2.75) is 17.0 Å². The third-order valence-corrected chi connectivity index (χ3v) is 3.99. The number of ether oxygens (including phenoxy) is 1. The van der Waals surface area contributed by atoms with Crippen molar-refractivity contribution in [1.29, 1.82) is 0 Å². The fourth-order valence-corrected chi connectivity index (χ4v) is 2.96. The third-order valence-electron chi connectivity index (χ3n) is 2.61. The summed E-state index contributed by atoms with van der Waals surface area (Å²) in [6.07, 6.45) is 0.149. The maximum absolute atomic E-state index is 14.4. The van der Waals surface area contributed by atoms with Crippen molar-refractivity contribution < 1.29 is 17.5 Å². The van der Waals surface area contributed by atoms with Crippen LogP contribution in [0, 0.1) is 0 Å². The Hall–Kier alpha value is -0.650. The minimum Gasteiger partial charge on any atom is -0.378 e. The van der Waals surface area contributed by atoms with E-state index in [1.165, 1.54) is 18.2 Å². The van der Waals surface area contributed by atoms with Crippen LogP contribution in [-0.4, -0.2) is 21.6 Å². The molecule has 1 aromatic carbocycles. The van der Waals surface area contributed by atoms with E-state index in [1.54, 1.807) is 6.07 Å². The zero-order chi connectivity index (χ0) is 11.8. The summed E-state index contributed by atoms with van der Waals surface area (Å²) in [5.41, 5.74) is -1.67. The van der Waals surface area contributed by atoms with Crippen LogP contribution in [0.25, 0.3) is 0 Å². The zero-order valence-corrected chi connectivity index (χ0v) is 9.89. The van der Waals surface area contributed by atoms with Crippen LogP contribution in [0.2, 0.25) is 0 Å². The first kappa shape index (κ1) is 11.8. The van der Waals surface area contributed by atoms with E-state index in [4.69, 9.17) is 15.4 Å². The van der Waals surface area contributed by atoms with Gasteiger partial charge in [-0.1, -0.05) is 18.2 Å². The Labute approximate surface area is 97.6 Å². The van der Waals surface area contributed by atoms with Gasteiger partial charge in [-0.3, -0.25) is 0 Å². The second kappa shape index (κ2) is 3.98. The van der Waals surface area contributed by atoms with E-state index in [-0.39, 0.29) is 30.1 Å². The maximum atomic E-state index is 14.4. The summed E-state index contributed by atoms with van der Waals surface area (Å²) in [6.45, 7) is 0.156. The molecule has 3 nitrogen and oxygen atoms in total. The van der Waals surface area contributed by atoms with Gasteiger partial charge in [0.2, 0.25) is 0 Å². The SMILES string of the molecule is O=S(=O)(Cl)c1ccccc1C1(F)CCOC1. The average Bonchev–Trinajstić information content (AvgIpc) is 2.65. The molecule has 0 aliphatic carbocycles. The summed E-state index contributed by atoms with van der Waals surface area (Å²) >= 11 is 0. The number of alkyl halides is 1. The van der Waals surface area contributed by atoms with Crippen molar-refractivity contribution in [3.8, 4) is 0 Å². The molecule has 1 saturated heterocycles.